The summed E-state index contributed by atoms with van der Waals surface area (Å²) >= 11 is 0. The van der Waals surface area contributed by atoms with E-state index in [1.54, 1.807) is 29.2 Å². The monoisotopic (exact) mass is 592 g/mol. The minimum atomic E-state index is -4.01. The number of aryl methyl sites for hydroxylation is 2. The van der Waals surface area contributed by atoms with Gasteiger partial charge in [0.1, 0.15) is 11.9 Å². The van der Waals surface area contributed by atoms with E-state index in [-0.39, 0.29) is 36.3 Å². The maximum Gasteiger partial charge on any atom is 0.243 e. The average Bonchev–Trinajstić information content (AvgIpc) is 2.97. The van der Waals surface area contributed by atoms with Crippen LogP contribution in [0.2, 0.25) is 0 Å². The standard InChI is InChI=1S/C32H37FN4O4S/c1-22-9-12-26(13-10-22)42(40,41)37-18-17-36(32(39)30(37)20-31(34)38)29-8-4-6-25-19-23(11-14-27(25)29)21-35-16-15-24-5-2-3-7-28(24)33/h2-3,5,7,9-14,19,29-30,35H,4,6,8,15-18,20-21H2,1H3,(H2,34,38)/t29-,30?/m1/s1. The van der Waals surface area contributed by atoms with E-state index in [0.29, 0.717) is 25.1 Å². The third kappa shape index (κ3) is 6.40. The van der Waals surface area contributed by atoms with E-state index in [9.17, 15) is 22.4 Å². The quantitative estimate of drug-likeness (QED) is 0.349. The van der Waals surface area contributed by atoms with Crippen molar-refractivity contribution < 1.29 is 22.4 Å². The second kappa shape index (κ2) is 12.7. The summed E-state index contributed by atoms with van der Waals surface area (Å²) in [4.78, 5) is 27.7. The van der Waals surface area contributed by atoms with Crippen LogP contribution in [0.3, 0.4) is 0 Å². The number of hydrogen-bond donors (Lipinski definition) is 2. The Kier molecular flexibility index (Phi) is 9.05. The Morgan fingerprint density at radius 3 is 2.57 bits per heavy atom. The number of fused-ring (bicyclic) bond motifs is 1. The van der Waals surface area contributed by atoms with Gasteiger partial charge < -0.3 is 16.0 Å². The van der Waals surface area contributed by atoms with Gasteiger partial charge in [0.05, 0.1) is 17.4 Å². The van der Waals surface area contributed by atoms with E-state index in [0.717, 1.165) is 45.8 Å². The van der Waals surface area contributed by atoms with Crippen molar-refractivity contribution >= 4 is 21.8 Å². The Bertz CT molecular complexity index is 1560. The molecule has 3 aromatic rings. The SMILES string of the molecule is Cc1ccc(S(=O)(=O)N2CCN([C@@H]3CCCc4cc(CNCCc5ccccc5F)ccc43)C(=O)C2CC(N)=O)cc1. The first-order chi connectivity index (χ1) is 20.1. The van der Waals surface area contributed by atoms with E-state index in [2.05, 4.69) is 17.4 Å². The third-order valence-corrected chi connectivity index (χ3v) is 10.1. The Morgan fingerprint density at radius 1 is 1.07 bits per heavy atom. The van der Waals surface area contributed by atoms with Gasteiger partial charge in [-0.1, -0.05) is 54.1 Å². The summed E-state index contributed by atoms with van der Waals surface area (Å²) in [6.45, 7) is 3.45. The van der Waals surface area contributed by atoms with Crippen molar-refractivity contribution in [2.24, 2.45) is 5.73 Å². The molecule has 0 saturated carbocycles. The number of benzene rings is 3. The molecule has 2 aliphatic rings. The van der Waals surface area contributed by atoms with Crippen molar-refractivity contribution in [1.29, 1.82) is 0 Å². The predicted octanol–water partition coefficient (Wildman–Crippen LogP) is 3.62. The third-order valence-electron chi connectivity index (χ3n) is 8.22. The lowest BCUT2D eigenvalue weighted by Crippen LogP contribution is -2.60. The normalized spacial score (nSPS) is 19.5. The highest BCUT2D eigenvalue weighted by molar-refractivity contribution is 7.89. The van der Waals surface area contributed by atoms with Gasteiger partial charge in [0.15, 0.2) is 0 Å². The molecule has 5 rings (SSSR count). The minimum absolute atomic E-state index is 0.0791. The zero-order valence-electron chi connectivity index (χ0n) is 23.8. The summed E-state index contributed by atoms with van der Waals surface area (Å²) in [5.41, 5.74) is 10.4. The molecule has 1 aliphatic heterocycles. The number of carbonyl (C=O) groups is 2. The topological polar surface area (TPSA) is 113 Å². The lowest BCUT2D eigenvalue weighted by molar-refractivity contribution is -0.144. The molecule has 1 saturated heterocycles. The van der Waals surface area contributed by atoms with E-state index >= 15 is 0 Å². The van der Waals surface area contributed by atoms with Gasteiger partial charge in [-0.05, 0) is 79.6 Å². The second-order valence-corrected chi connectivity index (χ2v) is 13.0. The van der Waals surface area contributed by atoms with Crippen molar-refractivity contribution in [3.8, 4) is 0 Å². The van der Waals surface area contributed by atoms with Crippen molar-refractivity contribution in [2.75, 3.05) is 19.6 Å². The van der Waals surface area contributed by atoms with Gasteiger partial charge >= 0.3 is 0 Å². The molecule has 0 bridgehead atoms. The van der Waals surface area contributed by atoms with Crippen LogP contribution in [-0.2, 0) is 39.0 Å². The molecule has 2 atom stereocenters. The maximum absolute atomic E-state index is 13.9. The summed E-state index contributed by atoms with van der Waals surface area (Å²) in [5, 5.41) is 3.39. The van der Waals surface area contributed by atoms with Crippen molar-refractivity contribution in [3.63, 3.8) is 0 Å². The van der Waals surface area contributed by atoms with Crippen LogP contribution in [0.5, 0.6) is 0 Å². The Balaban J connectivity index is 1.30. The molecule has 1 aliphatic carbocycles. The van der Waals surface area contributed by atoms with E-state index in [1.165, 1.54) is 18.2 Å². The predicted molar refractivity (Wildman–Crippen MR) is 158 cm³/mol. The van der Waals surface area contributed by atoms with Gasteiger partial charge in [-0.15, -0.1) is 0 Å². The van der Waals surface area contributed by atoms with Gasteiger partial charge in [-0.2, -0.15) is 4.31 Å². The molecule has 1 fully saturated rings. The van der Waals surface area contributed by atoms with Crippen LogP contribution >= 0.6 is 0 Å². The van der Waals surface area contributed by atoms with Crippen LogP contribution in [0.1, 0.15) is 53.1 Å². The van der Waals surface area contributed by atoms with Crippen molar-refractivity contribution in [2.45, 2.75) is 62.6 Å². The fourth-order valence-corrected chi connectivity index (χ4v) is 7.61. The molecule has 3 N–H and O–H groups in total. The van der Waals surface area contributed by atoms with Crippen LogP contribution < -0.4 is 11.1 Å². The number of piperazine rings is 1. The first-order valence-electron chi connectivity index (χ1n) is 14.4. The number of halogens is 1. The molecule has 1 heterocycles. The molecular formula is C32H37FN4O4S. The molecule has 0 aromatic heterocycles. The fourth-order valence-electron chi connectivity index (χ4n) is 6.04. The number of nitrogens with zero attached hydrogens (tertiary/aromatic N) is 2. The Hall–Kier alpha value is -3.60. The lowest BCUT2D eigenvalue weighted by Gasteiger charge is -2.44. The molecular weight excluding hydrogens is 555 g/mol. The highest BCUT2D eigenvalue weighted by atomic mass is 32.2. The summed E-state index contributed by atoms with van der Waals surface area (Å²) in [6, 6.07) is 18.1. The van der Waals surface area contributed by atoms with Crippen LogP contribution in [0, 0.1) is 12.7 Å². The Morgan fingerprint density at radius 2 is 1.83 bits per heavy atom. The van der Waals surface area contributed by atoms with Gasteiger partial charge in [0.2, 0.25) is 21.8 Å². The molecule has 0 spiro atoms. The summed E-state index contributed by atoms with van der Waals surface area (Å²) in [5.74, 6) is -1.32. The number of amides is 2. The molecule has 1 unspecified atom stereocenters. The minimum Gasteiger partial charge on any atom is -0.370 e. The van der Waals surface area contributed by atoms with Crippen molar-refractivity contribution in [1.82, 2.24) is 14.5 Å². The number of nitrogens with one attached hydrogen (secondary N) is 1. The number of sulfonamides is 1. The number of rotatable bonds is 10. The molecule has 42 heavy (non-hydrogen) atoms. The largest absolute Gasteiger partial charge is 0.370 e. The molecule has 3 aromatic carbocycles. The molecule has 8 nitrogen and oxygen atoms in total. The van der Waals surface area contributed by atoms with Crippen LogP contribution in [0.15, 0.2) is 71.6 Å². The highest BCUT2D eigenvalue weighted by Crippen LogP contribution is 2.37. The maximum atomic E-state index is 13.9. The van der Waals surface area contributed by atoms with Crippen LogP contribution in [0.4, 0.5) is 4.39 Å². The first kappa shape index (κ1) is 29.9. The Labute approximate surface area is 246 Å². The lowest BCUT2D eigenvalue weighted by atomic mass is 9.85. The number of nitrogens with two attached hydrogens (primary N) is 1. The molecule has 0 radical (unpaired) electrons. The van der Waals surface area contributed by atoms with Crippen molar-refractivity contribution in [3.05, 3.63) is 100 Å². The molecule has 2 amide bonds. The number of hydrogen-bond acceptors (Lipinski definition) is 5. The highest BCUT2D eigenvalue weighted by Gasteiger charge is 2.45. The first-order valence-corrected chi connectivity index (χ1v) is 15.8. The van der Waals surface area contributed by atoms with E-state index < -0.39 is 27.9 Å². The fraction of sp³-hybridized carbons (Fsp3) is 0.375. The van der Waals surface area contributed by atoms with Gasteiger partial charge in [0.25, 0.3) is 0 Å². The number of primary amides is 1. The second-order valence-electron chi connectivity index (χ2n) is 11.1. The molecule has 222 valence electrons. The summed E-state index contributed by atoms with van der Waals surface area (Å²) in [6.07, 6.45) is 2.75. The van der Waals surface area contributed by atoms with Gasteiger partial charge in [-0.3, -0.25) is 9.59 Å². The van der Waals surface area contributed by atoms with Gasteiger partial charge in [-0.25, -0.2) is 12.8 Å². The number of carbonyl (C=O) groups excluding carboxylic acids is 2. The zero-order valence-corrected chi connectivity index (χ0v) is 24.6. The summed E-state index contributed by atoms with van der Waals surface area (Å²) in [7, 11) is -4.01. The zero-order chi connectivity index (χ0) is 29.9. The van der Waals surface area contributed by atoms with Crippen LogP contribution in [0.25, 0.3) is 0 Å². The van der Waals surface area contributed by atoms with E-state index in [1.807, 2.05) is 19.1 Å². The van der Waals surface area contributed by atoms with E-state index in [4.69, 9.17) is 5.73 Å². The van der Waals surface area contributed by atoms with Gasteiger partial charge in [0, 0.05) is 19.6 Å². The molecule has 10 heteroatoms. The smallest absolute Gasteiger partial charge is 0.243 e. The summed E-state index contributed by atoms with van der Waals surface area (Å²) < 4.78 is 42.1. The average molecular weight is 593 g/mol. The van der Waals surface area contributed by atoms with Crippen LogP contribution in [-0.4, -0.2) is 55.1 Å².